The van der Waals surface area contributed by atoms with Crippen LogP contribution in [0.25, 0.3) is 0 Å². The lowest BCUT2D eigenvalue weighted by Gasteiger charge is -2.39. The summed E-state index contributed by atoms with van der Waals surface area (Å²) in [5.41, 5.74) is -0.322. The monoisotopic (exact) mass is 258 g/mol. The minimum Gasteiger partial charge on any atom is -0.354 e. The summed E-state index contributed by atoms with van der Waals surface area (Å²) in [4.78, 5) is 11.6. The van der Waals surface area contributed by atoms with Crippen LogP contribution in [-0.4, -0.2) is 34.8 Å². The van der Waals surface area contributed by atoms with Crippen LogP contribution in [0.2, 0.25) is 0 Å². The second kappa shape index (κ2) is 9.34. The molecule has 108 valence electrons. The van der Waals surface area contributed by atoms with Crippen molar-refractivity contribution < 1.29 is 10.0 Å². The summed E-state index contributed by atoms with van der Waals surface area (Å²) in [6.07, 6.45) is 5.10. The fourth-order valence-corrected chi connectivity index (χ4v) is 2.09. The summed E-state index contributed by atoms with van der Waals surface area (Å²) in [5, 5.41) is 14.5. The number of amides is 1. The van der Waals surface area contributed by atoms with Crippen LogP contribution < -0.4 is 5.32 Å². The Labute approximate surface area is 112 Å². The van der Waals surface area contributed by atoms with Crippen LogP contribution in [-0.2, 0) is 4.79 Å². The van der Waals surface area contributed by atoms with Crippen molar-refractivity contribution in [1.82, 2.24) is 10.4 Å². The van der Waals surface area contributed by atoms with Gasteiger partial charge in [0.1, 0.15) is 0 Å². The normalized spacial score (nSPS) is 11.9. The minimum atomic E-state index is -0.322. The number of rotatable bonds is 10. The number of unbranched alkanes of at least 4 members (excludes halogenated alkanes) is 1. The Hall–Kier alpha value is -0.610. The lowest BCUT2D eigenvalue weighted by atomic mass is 9.91. The quantitative estimate of drug-likeness (QED) is 0.592. The number of hydrogen-bond donors (Lipinski definition) is 2. The molecule has 0 atom stereocenters. The maximum Gasteiger partial charge on any atom is 0.220 e. The molecule has 0 unspecified atom stereocenters. The molecule has 0 aliphatic heterocycles. The predicted octanol–water partition coefficient (Wildman–Crippen LogP) is 2.95. The Balaban J connectivity index is 4.38. The molecule has 0 aliphatic rings. The second-order valence-corrected chi connectivity index (χ2v) is 4.93. The highest BCUT2D eigenvalue weighted by Gasteiger charge is 2.32. The first-order valence-electron chi connectivity index (χ1n) is 7.29. The molecular formula is C14H30N2O2. The zero-order valence-electron chi connectivity index (χ0n) is 12.5. The van der Waals surface area contributed by atoms with E-state index in [1.165, 1.54) is 5.06 Å². The SMILES string of the molecule is CCCCC(=O)NCC(CC)(CC)N(O)CCC. The second-order valence-electron chi connectivity index (χ2n) is 4.93. The van der Waals surface area contributed by atoms with E-state index in [-0.39, 0.29) is 11.4 Å². The van der Waals surface area contributed by atoms with Gasteiger partial charge in [-0.25, -0.2) is 0 Å². The Kier molecular flexibility index (Phi) is 9.02. The van der Waals surface area contributed by atoms with Crippen LogP contribution in [0.1, 0.15) is 66.2 Å². The topological polar surface area (TPSA) is 52.6 Å². The Morgan fingerprint density at radius 2 is 1.78 bits per heavy atom. The maximum atomic E-state index is 11.6. The van der Waals surface area contributed by atoms with Crippen molar-refractivity contribution >= 4 is 5.91 Å². The molecule has 4 nitrogen and oxygen atoms in total. The van der Waals surface area contributed by atoms with Gasteiger partial charge in [0.25, 0.3) is 0 Å². The van der Waals surface area contributed by atoms with Crippen molar-refractivity contribution in [3.05, 3.63) is 0 Å². The first kappa shape index (κ1) is 17.4. The van der Waals surface area contributed by atoms with Gasteiger partial charge in [-0.05, 0) is 25.7 Å². The lowest BCUT2D eigenvalue weighted by molar-refractivity contribution is -0.176. The van der Waals surface area contributed by atoms with E-state index in [4.69, 9.17) is 0 Å². The predicted molar refractivity (Wildman–Crippen MR) is 74.6 cm³/mol. The molecule has 0 aromatic carbocycles. The summed E-state index contributed by atoms with van der Waals surface area (Å²) < 4.78 is 0. The van der Waals surface area contributed by atoms with E-state index in [2.05, 4.69) is 26.1 Å². The third-order valence-electron chi connectivity index (χ3n) is 3.67. The number of hydrogen-bond acceptors (Lipinski definition) is 3. The number of nitrogens with zero attached hydrogens (tertiary/aromatic N) is 1. The molecule has 0 rings (SSSR count). The molecule has 0 saturated carbocycles. The van der Waals surface area contributed by atoms with Crippen LogP contribution in [0.5, 0.6) is 0 Å². The third-order valence-corrected chi connectivity index (χ3v) is 3.67. The van der Waals surface area contributed by atoms with Crippen LogP contribution in [0.4, 0.5) is 0 Å². The average molecular weight is 258 g/mol. The van der Waals surface area contributed by atoms with Gasteiger partial charge in [0.2, 0.25) is 5.91 Å². The van der Waals surface area contributed by atoms with E-state index in [0.29, 0.717) is 19.5 Å². The van der Waals surface area contributed by atoms with Gasteiger partial charge in [-0.2, -0.15) is 5.06 Å². The van der Waals surface area contributed by atoms with Crippen LogP contribution in [0.15, 0.2) is 0 Å². The molecule has 0 bridgehead atoms. The largest absolute Gasteiger partial charge is 0.354 e. The fraction of sp³-hybridized carbons (Fsp3) is 0.929. The molecule has 0 aromatic rings. The molecule has 1 amide bonds. The molecule has 2 N–H and O–H groups in total. The average Bonchev–Trinajstić information content (AvgIpc) is 2.38. The van der Waals surface area contributed by atoms with Crippen LogP contribution >= 0.6 is 0 Å². The Morgan fingerprint density at radius 1 is 1.17 bits per heavy atom. The molecule has 0 heterocycles. The molecule has 0 radical (unpaired) electrons. The van der Waals surface area contributed by atoms with Crippen molar-refractivity contribution in [2.24, 2.45) is 0 Å². The fourth-order valence-electron chi connectivity index (χ4n) is 2.09. The molecule has 0 saturated heterocycles. The summed E-state index contributed by atoms with van der Waals surface area (Å²) in [5.74, 6) is 0.0908. The van der Waals surface area contributed by atoms with Gasteiger partial charge in [0.05, 0.1) is 5.54 Å². The summed E-state index contributed by atoms with van der Waals surface area (Å²) >= 11 is 0. The molecule has 0 aromatic heterocycles. The zero-order chi connectivity index (χ0) is 14.0. The van der Waals surface area contributed by atoms with Gasteiger partial charge >= 0.3 is 0 Å². The first-order valence-corrected chi connectivity index (χ1v) is 7.29. The number of hydroxylamine groups is 2. The molecule has 0 fully saturated rings. The van der Waals surface area contributed by atoms with E-state index in [0.717, 1.165) is 32.1 Å². The number of nitrogens with one attached hydrogen (secondary N) is 1. The van der Waals surface area contributed by atoms with E-state index in [9.17, 15) is 10.0 Å². The van der Waals surface area contributed by atoms with Crippen LogP contribution in [0, 0.1) is 0 Å². The van der Waals surface area contributed by atoms with E-state index in [1.54, 1.807) is 0 Å². The summed E-state index contributed by atoms with van der Waals surface area (Å²) in [6.45, 7) is 9.40. The van der Waals surface area contributed by atoms with Gasteiger partial charge in [-0.3, -0.25) is 4.79 Å². The van der Waals surface area contributed by atoms with Gasteiger partial charge in [-0.15, -0.1) is 0 Å². The van der Waals surface area contributed by atoms with E-state index >= 15 is 0 Å². The van der Waals surface area contributed by atoms with Crippen molar-refractivity contribution in [3.8, 4) is 0 Å². The number of carbonyl (C=O) groups is 1. The highest BCUT2D eigenvalue weighted by Crippen LogP contribution is 2.22. The van der Waals surface area contributed by atoms with Gasteiger partial charge in [0, 0.05) is 19.5 Å². The highest BCUT2D eigenvalue weighted by molar-refractivity contribution is 5.75. The highest BCUT2D eigenvalue weighted by atomic mass is 16.5. The van der Waals surface area contributed by atoms with Crippen molar-refractivity contribution in [2.45, 2.75) is 71.8 Å². The third kappa shape index (κ3) is 5.36. The van der Waals surface area contributed by atoms with Crippen molar-refractivity contribution in [3.63, 3.8) is 0 Å². The first-order chi connectivity index (χ1) is 8.56. The van der Waals surface area contributed by atoms with E-state index in [1.807, 2.05) is 6.92 Å². The maximum absolute atomic E-state index is 11.6. The van der Waals surface area contributed by atoms with Crippen molar-refractivity contribution in [1.29, 1.82) is 0 Å². The van der Waals surface area contributed by atoms with Crippen molar-refractivity contribution in [2.75, 3.05) is 13.1 Å². The zero-order valence-corrected chi connectivity index (χ0v) is 12.5. The molecule has 18 heavy (non-hydrogen) atoms. The van der Waals surface area contributed by atoms with Gasteiger partial charge in [0.15, 0.2) is 0 Å². The molecule has 4 heteroatoms. The lowest BCUT2D eigenvalue weighted by Crippen LogP contribution is -2.54. The van der Waals surface area contributed by atoms with E-state index < -0.39 is 0 Å². The minimum absolute atomic E-state index is 0.0908. The summed E-state index contributed by atoms with van der Waals surface area (Å²) in [7, 11) is 0. The molecule has 0 aliphatic carbocycles. The van der Waals surface area contributed by atoms with Gasteiger partial charge < -0.3 is 10.5 Å². The Morgan fingerprint density at radius 3 is 2.22 bits per heavy atom. The molecular weight excluding hydrogens is 228 g/mol. The smallest absolute Gasteiger partial charge is 0.220 e. The Bertz CT molecular complexity index is 228. The standard InChI is InChI=1S/C14H30N2O2/c1-5-9-10-13(17)15-12-14(7-3,8-4)16(18)11-6-2/h18H,5-12H2,1-4H3,(H,15,17). The van der Waals surface area contributed by atoms with Gasteiger partial charge in [-0.1, -0.05) is 34.1 Å². The molecule has 0 spiro atoms. The summed E-state index contributed by atoms with van der Waals surface area (Å²) in [6, 6.07) is 0. The number of carbonyl (C=O) groups excluding carboxylic acids is 1. The van der Waals surface area contributed by atoms with Crippen LogP contribution in [0.3, 0.4) is 0 Å².